The molecule has 1 aromatic heterocycles. The van der Waals surface area contributed by atoms with Crippen molar-refractivity contribution < 1.29 is 0 Å². The molecule has 0 unspecified atom stereocenters. The van der Waals surface area contributed by atoms with E-state index >= 15 is 0 Å². The molecule has 1 fully saturated rings. The summed E-state index contributed by atoms with van der Waals surface area (Å²) >= 11 is 0. The van der Waals surface area contributed by atoms with E-state index in [2.05, 4.69) is 16.5 Å². The Morgan fingerprint density at radius 2 is 2.27 bits per heavy atom. The van der Waals surface area contributed by atoms with Gasteiger partial charge in [-0.15, -0.1) is 0 Å². The number of aromatic nitrogens is 2. The van der Waals surface area contributed by atoms with E-state index in [1.165, 1.54) is 24.2 Å². The first-order valence-electron chi connectivity index (χ1n) is 5.56. The van der Waals surface area contributed by atoms with E-state index in [0.29, 0.717) is 6.04 Å². The molecule has 0 aliphatic heterocycles. The summed E-state index contributed by atoms with van der Waals surface area (Å²) in [5.74, 6) is 1.19. The lowest BCUT2D eigenvalue weighted by Crippen LogP contribution is -2.00. The van der Waals surface area contributed by atoms with Crippen LogP contribution < -0.4 is 5.73 Å². The second-order valence-electron chi connectivity index (χ2n) is 4.23. The summed E-state index contributed by atoms with van der Waals surface area (Å²) in [6, 6.07) is 6.65. The molecule has 1 heterocycles. The number of fused-ring (bicyclic) bond motifs is 1. The average Bonchev–Trinajstić information content (AvgIpc) is 2.99. The molecule has 3 nitrogen and oxygen atoms in total. The normalized spacial score (nSPS) is 16.1. The Morgan fingerprint density at radius 1 is 1.47 bits per heavy atom. The van der Waals surface area contributed by atoms with Crippen LogP contribution in [0.1, 0.15) is 31.6 Å². The highest BCUT2D eigenvalue weighted by atomic mass is 15.1. The van der Waals surface area contributed by atoms with Crippen molar-refractivity contribution in [2.24, 2.45) is 0 Å². The molecule has 3 rings (SSSR count). The second kappa shape index (κ2) is 2.99. The van der Waals surface area contributed by atoms with Crippen molar-refractivity contribution in [1.82, 2.24) is 9.55 Å². The standard InChI is InChI=1S/C12H15N3/c1-2-12-14-10-6-3-8(13)7-11(10)15(12)9-4-5-9/h3,6-7,9H,2,4-5,13H2,1H3. The third kappa shape index (κ3) is 1.30. The maximum absolute atomic E-state index is 5.82. The summed E-state index contributed by atoms with van der Waals surface area (Å²) in [5, 5.41) is 0. The van der Waals surface area contributed by atoms with E-state index in [-0.39, 0.29) is 0 Å². The third-order valence-electron chi connectivity index (χ3n) is 3.01. The Bertz CT molecular complexity index is 509. The topological polar surface area (TPSA) is 43.8 Å². The van der Waals surface area contributed by atoms with Crippen LogP contribution in [0.4, 0.5) is 5.69 Å². The number of hydrogen-bond acceptors (Lipinski definition) is 2. The quantitative estimate of drug-likeness (QED) is 0.759. The minimum Gasteiger partial charge on any atom is -0.399 e. The predicted molar refractivity (Wildman–Crippen MR) is 61.8 cm³/mol. The Labute approximate surface area is 88.9 Å². The van der Waals surface area contributed by atoms with Crippen molar-refractivity contribution in [3.05, 3.63) is 24.0 Å². The third-order valence-corrected chi connectivity index (χ3v) is 3.01. The van der Waals surface area contributed by atoms with Gasteiger partial charge in [-0.1, -0.05) is 6.92 Å². The Kier molecular flexibility index (Phi) is 1.75. The lowest BCUT2D eigenvalue weighted by molar-refractivity contribution is 0.708. The molecule has 1 aromatic carbocycles. The molecular weight excluding hydrogens is 186 g/mol. The number of benzene rings is 1. The van der Waals surface area contributed by atoms with Crippen LogP contribution >= 0.6 is 0 Å². The predicted octanol–water partition coefficient (Wildman–Crippen LogP) is 2.52. The molecular formula is C12H15N3. The lowest BCUT2D eigenvalue weighted by atomic mass is 10.3. The van der Waals surface area contributed by atoms with Gasteiger partial charge in [0.25, 0.3) is 0 Å². The van der Waals surface area contributed by atoms with Crippen molar-refractivity contribution in [3.8, 4) is 0 Å². The highest BCUT2D eigenvalue weighted by molar-refractivity contribution is 5.80. The van der Waals surface area contributed by atoms with Gasteiger partial charge in [0.15, 0.2) is 0 Å². The molecule has 0 bridgehead atoms. The van der Waals surface area contributed by atoms with Crippen molar-refractivity contribution in [3.63, 3.8) is 0 Å². The molecule has 2 aromatic rings. The summed E-state index contributed by atoms with van der Waals surface area (Å²) in [6.45, 7) is 2.16. The Morgan fingerprint density at radius 3 is 2.93 bits per heavy atom. The monoisotopic (exact) mass is 201 g/mol. The van der Waals surface area contributed by atoms with Crippen LogP contribution in [0.15, 0.2) is 18.2 Å². The Balaban J connectivity index is 2.30. The number of imidazole rings is 1. The number of nitrogen functional groups attached to an aromatic ring is 1. The van der Waals surface area contributed by atoms with E-state index in [1.807, 2.05) is 18.2 Å². The molecule has 15 heavy (non-hydrogen) atoms. The van der Waals surface area contributed by atoms with Crippen LogP contribution in [0.3, 0.4) is 0 Å². The molecule has 1 aliphatic rings. The van der Waals surface area contributed by atoms with Gasteiger partial charge in [0.2, 0.25) is 0 Å². The number of nitrogens with zero attached hydrogens (tertiary/aromatic N) is 2. The van der Waals surface area contributed by atoms with Crippen LogP contribution in [0.5, 0.6) is 0 Å². The zero-order chi connectivity index (χ0) is 10.4. The van der Waals surface area contributed by atoms with E-state index in [1.54, 1.807) is 0 Å². The first-order valence-corrected chi connectivity index (χ1v) is 5.56. The molecule has 0 amide bonds. The van der Waals surface area contributed by atoms with Crippen LogP contribution in [0, 0.1) is 0 Å². The van der Waals surface area contributed by atoms with Gasteiger partial charge in [-0.05, 0) is 31.0 Å². The highest BCUT2D eigenvalue weighted by Crippen LogP contribution is 2.39. The van der Waals surface area contributed by atoms with Crippen LogP contribution in [0.2, 0.25) is 0 Å². The van der Waals surface area contributed by atoms with E-state index in [9.17, 15) is 0 Å². The summed E-state index contributed by atoms with van der Waals surface area (Å²) in [7, 11) is 0. The van der Waals surface area contributed by atoms with E-state index in [4.69, 9.17) is 5.73 Å². The van der Waals surface area contributed by atoms with Crippen LogP contribution in [0.25, 0.3) is 11.0 Å². The number of nitrogens with two attached hydrogens (primary N) is 1. The smallest absolute Gasteiger partial charge is 0.109 e. The zero-order valence-electron chi connectivity index (χ0n) is 8.90. The fourth-order valence-electron chi connectivity index (χ4n) is 2.15. The summed E-state index contributed by atoms with van der Waals surface area (Å²) in [5.41, 5.74) is 8.93. The SMILES string of the molecule is CCc1nc2ccc(N)cc2n1C1CC1. The summed E-state index contributed by atoms with van der Waals surface area (Å²) < 4.78 is 2.37. The molecule has 78 valence electrons. The average molecular weight is 201 g/mol. The van der Waals surface area contributed by atoms with E-state index < -0.39 is 0 Å². The lowest BCUT2D eigenvalue weighted by Gasteiger charge is -2.05. The molecule has 1 aliphatic carbocycles. The fraction of sp³-hybridized carbons (Fsp3) is 0.417. The van der Waals surface area contributed by atoms with Gasteiger partial charge < -0.3 is 10.3 Å². The molecule has 2 N–H and O–H groups in total. The number of rotatable bonds is 2. The van der Waals surface area contributed by atoms with Gasteiger partial charge in [0.05, 0.1) is 11.0 Å². The van der Waals surface area contributed by atoms with Gasteiger partial charge in [-0.3, -0.25) is 0 Å². The first-order chi connectivity index (χ1) is 7.29. The van der Waals surface area contributed by atoms with Gasteiger partial charge in [0, 0.05) is 18.2 Å². The van der Waals surface area contributed by atoms with Crippen molar-refractivity contribution >= 4 is 16.7 Å². The van der Waals surface area contributed by atoms with Crippen LogP contribution in [-0.4, -0.2) is 9.55 Å². The van der Waals surface area contributed by atoms with Crippen molar-refractivity contribution in [2.75, 3.05) is 5.73 Å². The maximum atomic E-state index is 5.82. The molecule has 0 radical (unpaired) electrons. The van der Waals surface area contributed by atoms with Gasteiger partial charge in [-0.2, -0.15) is 0 Å². The molecule has 0 spiro atoms. The summed E-state index contributed by atoms with van der Waals surface area (Å²) in [4.78, 5) is 4.64. The molecule has 0 saturated heterocycles. The van der Waals surface area contributed by atoms with Gasteiger partial charge in [0.1, 0.15) is 5.82 Å². The van der Waals surface area contributed by atoms with Gasteiger partial charge >= 0.3 is 0 Å². The molecule has 1 saturated carbocycles. The van der Waals surface area contributed by atoms with Crippen molar-refractivity contribution in [1.29, 1.82) is 0 Å². The van der Waals surface area contributed by atoms with Crippen LogP contribution in [-0.2, 0) is 6.42 Å². The van der Waals surface area contributed by atoms with Crippen molar-refractivity contribution in [2.45, 2.75) is 32.2 Å². The van der Waals surface area contributed by atoms with Gasteiger partial charge in [-0.25, -0.2) is 4.98 Å². The highest BCUT2D eigenvalue weighted by Gasteiger charge is 2.27. The number of hydrogen-bond donors (Lipinski definition) is 1. The minimum absolute atomic E-state index is 0.673. The largest absolute Gasteiger partial charge is 0.399 e. The second-order valence-corrected chi connectivity index (χ2v) is 4.23. The Hall–Kier alpha value is -1.51. The summed E-state index contributed by atoms with van der Waals surface area (Å²) in [6.07, 6.45) is 3.56. The zero-order valence-corrected chi connectivity index (χ0v) is 8.90. The number of anilines is 1. The maximum Gasteiger partial charge on any atom is 0.109 e. The van der Waals surface area contributed by atoms with E-state index in [0.717, 1.165) is 17.6 Å². The minimum atomic E-state index is 0.673. The fourth-order valence-corrected chi connectivity index (χ4v) is 2.15. The first kappa shape index (κ1) is 8.77. The molecule has 3 heteroatoms. The molecule has 0 atom stereocenters. The number of aryl methyl sites for hydroxylation is 1.